The fraction of sp³-hybridized carbons (Fsp3) is 0.105. The van der Waals surface area contributed by atoms with Gasteiger partial charge in [0, 0.05) is 43.1 Å². The molecule has 0 N–H and O–H groups in total. The van der Waals surface area contributed by atoms with E-state index in [0.29, 0.717) is 0 Å². The molecule has 3 heterocycles. The van der Waals surface area contributed by atoms with Crippen molar-refractivity contribution in [2.24, 2.45) is 0 Å². The molecule has 0 radical (unpaired) electrons. The Morgan fingerprint density at radius 1 is 1.04 bits per heavy atom. The normalized spacial score (nSPS) is 10.9. The molecule has 4 rings (SSSR count). The van der Waals surface area contributed by atoms with Crippen LogP contribution < -0.4 is 0 Å². The van der Waals surface area contributed by atoms with Crippen LogP contribution in [-0.2, 0) is 6.54 Å². The zero-order chi connectivity index (χ0) is 16.4. The minimum absolute atomic E-state index is 0.771. The van der Waals surface area contributed by atoms with Crippen molar-refractivity contribution in [2.45, 2.75) is 13.5 Å². The molecular weight excluding hydrogens is 298 g/mol. The molecule has 0 bridgehead atoms. The molecule has 0 amide bonds. The number of pyridine rings is 1. The molecule has 0 aliphatic carbocycles. The molecule has 0 saturated heterocycles. The Hall–Kier alpha value is -3.21. The quantitative estimate of drug-likeness (QED) is 0.579. The van der Waals surface area contributed by atoms with Gasteiger partial charge in [-0.15, -0.1) is 0 Å². The minimum atomic E-state index is 0.771. The van der Waals surface area contributed by atoms with Gasteiger partial charge in [-0.25, -0.2) is 9.67 Å². The second-order valence-corrected chi connectivity index (χ2v) is 5.76. The highest BCUT2D eigenvalue weighted by Crippen LogP contribution is 2.26. The number of imidazole rings is 1. The number of aryl methyl sites for hydroxylation is 1. The number of benzene rings is 1. The second-order valence-electron chi connectivity index (χ2n) is 5.76. The molecule has 1 aromatic carbocycles. The lowest BCUT2D eigenvalue weighted by atomic mass is 10.1. The summed E-state index contributed by atoms with van der Waals surface area (Å²) >= 11 is 0. The van der Waals surface area contributed by atoms with E-state index in [1.54, 1.807) is 12.4 Å². The molecule has 118 valence electrons. The van der Waals surface area contributed by atoms with Crippen LogP contribution in [-0.4, -0.2) is 24.3 Å². The Bertz CT molecular complexity index is 923. The zero-order valence-corrected chi connectivity index (χ0v) is 13.4. The first-order valence-corrected chi connectivity index (χ1v) is 7.81. The summed E-state index contributed by atoms with van der Waals surface area (Å²) in [4.78, 5) is 8.72. The number of nitrogens with zero attached hydrogens (tertiary/aromatic N) is 5. The van der Waals surface area contributed by atoms with E-state index in [2.05, 4.69) is 52.3 Å². The Labute approximate surface area is 140 Å². The number of hydrogen-bond acceptors (Lipinski definition) is 3. The van der Waals surface area contributed by atoms with Crippen molar-refractivity contribution in [1.82, 2.24) is 24.3 Å². The van der Waals surface area contributed by atoms with Crippen molar-refractivity contribution in [3.63, 3.8) is 0 Å². The maximum Gasteiger partial charge on any atom is 0.0949 e. The molecule has 0 saturated carbocycles. The smallest absolute Gasteiger partial charge is 0.0949 e. The molecule has 24 heavy (non-hydrogen) atoms. The van der Waals surface area contributed by atoms with Crippen LogP contribution in [0.15, 0.2) is 73.7 Å². The first kappa shape index (κ1) is 14.4. The van der Waals surface area contributed by atoms with Crippen LogP contribution in [0.2, 0.25) is 0 Å². The predicted molar refractivity (Wildman–Crippen MR) is 92.9 cm³/mol. The number of hydrogen-bond donors (Lipinski definition) is 0. The SMILES string of the molecule is Cc1ccc(-c2ccc(Cn3ccnc3)cn2)c(-n2cccn2)c1. The summed E-state index contributed by atoms with van der Waals surface area (Å²) < 4.78 is 3.90. The van der Waals surface area contributed by atoms with Crippen molar-refractivity contribution < 1.29 is 0 Å². The van der Waals surface area contributed by atoms with Crippen LogP contribution in [0.4, 0.5) is 0 Å². The van der Waals surface area contributed by atoms with Gasteiger partial charge in [-0.05, 0) is 36.2 Å². The predicted octanol–water partition coefficient (Wildman–Crippen LogP) is 3.49. The summed E-state index contributed by atoms with van der Waals surface area (Å²) in [5, 5.41) is 4.36. The standard InChI is InChI=1S/C19H17N5/c1-15-3-5-17(19(11-15)24-9-2-7-22-24)18-6-4-16(12-21-18)13-23-10-8-20-14-23/h2-12,14H,13H2,1H3. The van der Waals surface area contributed by atoms with Crippen LogP contribution in [0.3, 0.4) is 0 Å². The summed E-state index contributed by atoms with van der Waals surface area (Å²) in [5.74, 6) is 0. The lowest BCUT2D eigenvalue weighted by Gasteiger charge is -2.11. The van der Waals surface area contributed by atoms with Crippen molar-refractivity contribution in [3.05, 3.63) is 84.8 Å². The van der Waals surface area contributed by atoms with Crippen LogP contribution in [0.1, 0.15) is 11.1 Å². The lowest BCUT2D eigenvalue weighted by Crippen LogP contribution is -2.00. The summed E-state index contributed by atoms with van der Waals surface area (Å²) in [7, 11) is 0. The summed E-state index contributed by atoms with van der Waals surface area (Å²) in [6, 6.07) is 12.4. The average molecular weight is 315 g/mol. The van der Waals surface area contributed by atoms with Crippen LogP contribution in [0.5, 0.6) is 0 Å². The highest BCUT2D eigenvalue weighted by Gasteiger charge is 2.09. The maximum atomic E-state index is 4.65. The van der Waals surface area contributed by atoms with E-state index < -0.39 is 0 Å². The van der Waals surface area contributed by atoms with Crippen molar-refractivity contribution >= 4 is 0 Å². The van der Waals surface area contributed by atoms with Crippen molar-refractivity contribution in [3.8, 4) is 16.9 Å². The van der Waals surface area contributed by atoms with Crippen LogP contribution in [0.25, 0.3) is 16.9 Å². The molecule has 0 aliphatic rings. The van der Waals surface area contributed by atoms with Gasteiger partial charge in [-0.3, -0.25) is 4.98 Å². The van der Waals surface area contributed by atoms with Crippen LogP contribution >= 0.6 is 0 Å². The molecule has 0 atom stereocenters. The summed E-state index contributed by atoms with van der Waals surface area (Å²) in [6.45, 7) is 2.85. The zero-order valence-electron chi connectivity index (χ0n) is 13.4. The van der Waals surface area contributed by atoms with Crippen LogP contribution in [0, 0.1) is 6.92 Å². The van der Waals surface area contributed by atoms with Crippen molar-refractivity contribution in [2.75, 3.05) is 0 Å². The van der Waals surface area contributed by atoms with E-state index in [1.165, 1.54) is 5.56 Å². The first-order valence-electron chi connectivity index (χ1n) is 7.81. The third kappa shape index (κ3) is 2.84. The topological polar surface area (TPSA) is 48.5 Å². The Balaban J connectivity index is 1.69. The molecule has 3 aromatic heterocycles. The van der Waals surface area contributed by atoms with Gasteiger partial charge in [0.2, 0.25) is 0 Å². The Morgan fingerprint density at radius 3 is 2.71 bits per heavy atom. The molecular formula is C19H17N5. The fourth-order valence-electron chi connectivity index (χ4n) is 2.73. The first-order chi connectivity index (χ1) is 11.8. The monoisotopic (exact) mass is 315 g/mol. The van der Waals surface area contributed by atoms with Gasteiger partial charge < -0.3 is 4.57 Å². The molecule has 5 nitrogen and oxygen atoms in total. The van der Waals surface area contributed by atoms with Gasteiger partial charge in [0.05, 0.1) is 17.7 Å². The Kier molecular flexibility index (Phi) is 3.67. The van der Waals surface area contributed by atoms with Gasteiger partial charge in [0.25, 0.3) is 0 Å². The van der Waals surface area contributed by atoms with Gasteiger partial charge in [0.1, 0.15) is 0 Å². The van der Waals surface area contributed by atoms with Gasteiger partial charge >= 0.3 is 0 Å². The molecule has 0 spiro atoms. The maximum absolute atomic E-state index is 4.65. The third-order valence-corrected chi connectivity index (χ3v) is 3.93. The largest absolute Gasteiger partial charge is 0.333 e. The highest BCUT2D eigenvalue weighted by molar-refractivity contribution is 5.70. The minimum Gasteiger partial charge on any atom is -0.333 e. The van der Waals surface area contributed by atoms with E-state index >= 15 is 0 Å². The van der Waals surface area contributed by atoms with E-state index in [1.807, 2.05) is 40.2 Å². The highest BCUT2D eigenvalue weighted by atomic mass is 15.3. The van der Waals surface area contributed by atoms with Gasteiger partial charge in [-0.2, -0.15) is 5.10 Å². The van der Waals surface area contributed by atoms with Gasteiger partial charge in [0.15, 0.2) is 0 Å². The van der Waals surface area contributed by atoms with Gasteiger partial charge in [-0.1, -0.05) is 18.2 Å². The summed E-state index contributed by atoms with van der Waals surface area (Å²) in [5.41, 5.74) is 5.38. The third-order valence-electron chi connectivity index (χ3n) is 3.93. The molecule has 0 unspecified atom stereocenters. The van der Waals surface area contributed by atoms with E-state index in [9.17, 15) is 0 Å². The fourth-order valence-corrected chi connectivity index (χ4v) is 2.73. The van der Waals surface area contributed by atoms with E-state index in [0.717, 1.165) is 29.1 Å². The molecule has 4 aromatic rings. The molecule has 0 fully saturated rings. The average Bonchev–Trinajstić information content (AvgIpc) is 3.29. The van der Waals surface area contributed by atoms with E-state index in [4.69, 9.17) is 0 Å². The van der Waals surface area contributed by atoms with E-state index in [-0.39, 0.29) is 0 Å². The lowest BCUT2D eigenvalue weighted by molar-refractivity contribution is 0.793. The molecule has 0 aliphatic heterocycles. The molecule has 5 heteroatoms. The number of rotatable bonds is 4. The van der Waals surface area contributed by atoms with Crippen molar-refractivity contribution in [1.29, 1.82) is 0 Å². The number of aromatic nitrogens is 5. The summed E-state index contributed by atoms with van der Waals surface area (Å²) in [6.07, 6.45) is 11.2. The second kappa shape index (κ2) is 6.12. The Morgan fingerprint density at radius 2 is 2.00 bits per heavy atom.